The zero-order chi connectivity index (χ0) is 12.8. The van der Waals surface area contributed by atoms with E-state index in [0.29, 0.717) is 18.1 Å². The molecule has 7 heteroatoms. The van der Waals surface area contributed by atoms with E-state index in [-0.39, 0.29) is 5.56 Å². The summed E-state index contributed by atoms with van der Waals surface area (Å²) >= 11 is 1.49. The third-order valence-electron chi connectivity index (χ3n) is 2.06. The van der Waals surface area contributed by atoms with Crippen LogP contribution < -0.4 is 4.74 Å². The number of aromatic amines is 1. The lowest BCUT2D eigenvalue weighted by Crippen LogP contribution is -2.02. The molecule has 0 saturated heterocycles. The van der Waals surface area contributed by atoms with Crippen LogP contribution in [0.1, 0.15) is 10.4 Å². The number of aromatic carboxylic acids is 1. The minimum atomic E-state index is -0.962. The number of H-pyrrole nitrogens is 1. The molecule has 1 heterocycles. The lowest BCUT2D eigenvalue weighted by Gasteiger charge is -2.05. The SMILES string of the molecule is O=C(O)c1cccc(OCCSc2ncn[nH]2)c1. The fraction of sp³-hybridized carbons (Fsp3) is 0.182. The van der Waals surface area contributed by atoms with Gasteiger partial charge in [0.05, 0.1) is 12.2 Å². The molecule has 0 aliphatic rings. The van der Waals surface area contributed by atoms with Gasteiger partial charge in [-0.3, -0.25) is 5.10 Å². The number of ether oxygens (including phenoxy) is 1. The maximum absolute atomic E-state index is 10.8. The fourth-order valence-electron chi connectivity index (χ4n) is 1.28. The molecule has 0 aliphatic carbocycles. The van der Waals surface area contributed by atoms with Gasteiger partial charge in [-0.2, -0.15) is 5.10 Å². The van der Waals surface area contributed by atoms with Crippen molar-refractivity contribution in [2.24, 2.45) is 0 Å². The number of hydrogen-bond acceptors (Lipinski definition) is 5. The third-order valence-corrected chi connectivity index (χ3v) is 2.91. The monoisotopic (exact) mass is 265 g/mol. The molecule has 0 radical (unpaired) electrons. The maximum atomic E-state index is 10.8. The van der Waals surface area contributed by atoms with Crippen molar-refractivity contribution < 1.29 is 14.6 Å². The average Bonchev–Trinajstić information content (AvgIpc) is 2.88. The smallest absolute Gasteiger partial charge is 0.335 e. The number of hydrogen-bond donors (Lipinski definition) is 2. The van der Waals surface area contributed by atoms with Gasteiger partial charge in [0.1, 0.15) is 12.1 Å². The summed E-state index contributed by atoms with van der Waals surface area (Å²) in [6, 6.07) is 6.41. The van der Waals surface area contributed by atoms with E-state index >= 15 is 0 Å². The van der Waals surface area contributed by atoms with Gasteiger partial charge < -0.3 is 9.84 Å². The second-order valence-electron chi connectivity index (χ2n) is 3.32. The summed E-state index contributed by atoms with van der Waals surface area (Å²) in [6.07, 6.45) is 1.44. The van der Waals surface area contributed by atoms with Gasteiger partial charge in [-0.1, -0.05) is 17.8 Å². The molecular formula is C11H11N3O3S. The van der Waals surface area contributed by atoms with E-state index in [2.05, 4.69) is 15.2 Å². The Labute approximate surface area is 107 Å². The molecule has 0 atom stereocenters. The Hall–Kier alpha value is -2.02. The van der Waals surface area contributed by atoms with Crippen LogP contribution in [0.4, 0.5) is 0 Å². The minimum absolute atomic E-state index is 0.218. The fourth-order valence-corrected chi connectivity index (χ4v) is 1.88. The molecule has 0 saturated carbocycles. The standard InChI is InChI=1S/C11H11N3O3S/c15-10(16)8-2-1-3-9(6-8)17-4-5-18-11-12-7-13-14-11/h1-3,6-7H,4-5H2,(H,15,16)(H,12,13,14). The van der Waals surface area contributed by atoms with Crippen molar-refractivity contribution >= 4 is 17.7 Å². The topological polar surface area (TPSA) is 88.1 Å². The van der Waals surface area contributed by atoms with Gasteiger partial charge in [0, 0.05) is 5.75 Å². The summed E-state index contributed by atoms with van der Waals surface area (Å²) < 4.78 is 5.45. The van der Waals surface area contributed by atoms with E-state index in [1.165, 1.54) is 30.2 Å². The van der Waals surface area contributed by atoms with Crippen LogP contribution in [0.3, 0.4) is 0 Å². The van der Waals surface area contributed by atoms with Gasteiger partial charge >= 0.3 is 5.97 Å². The molecule has 2 rings (SSSR count). The number of benzene rings is 1. The van der Waals surface area contributed by atoms with E-state index in [9.17, 15) is 4.79 Å². The van der Waals surface area contributed by atoms with Crippen LogP contribution in [0.15, 0.2) is 35.7 Å². The second-order valence-corrected chi connectivity index (χ2v) is 4.40. The molecule has 2 N–H and O–H groups in total. The number of aromatic nitrogens is 3. The van der Waals surface area contributed by atoms with Crippen LogP contribution in [0, 0.1) is 0 Å². The average molecular weight is 265 g/mol. The van der Waals surface area contributed by atoms with Crippen molar-refractivity contribution in [3.8, 4) is 5.75 Å². The highest BCUT2D eigenvalue weighted by atomic mass is 32.2. The van der Waals surface area contributed by atoms with E-state index in [1.807, 2.05) is 0 Å². The molecular weight excluding hydrogens is 254 g/mol. The van der Waals surface area contributed by atoms with Gasteiger partial charge in [-0.15, -0.1) is 0 Å². The minimum Gasteiger partial charge on any atom is -0.493 e. The Morgan fingerprint density at radius 2 is 2.39 bits per heavy atom. The first kappa shape index (κ1) is 12.4. The number of carboxylic acid groups (broad SMARTS) is 1. The highest BCUT2D eigenvalue weighted by Crippen LogP contribution is 2.15. The molecule has 2 aromatic rings. The zero-order valence-electron chi connectivity index (χ0n) is 9.37. The van der Waals surface area contributed by atoms with Crippen LogP contribution in [-0.4, -0.2) is 38.6 Å². The van der Waals surface area contributed by atoms with Gasteiger partial charge in [-0.05, 0) is 18.2 Å². The Morgan fingerprint density at radius 1 is 1.50 bits per heavy atom. The number of carbonyl (C=O) groups is 1. The summed E-state index contributed by atoms with van der Waals surface area (Å²) in [4.78, 5) is 14.7. The van der Waals surface area contributed by atoms with Crippen LogP contribution in [-0.2, 0) is 0 Å². The van der Waals surface area contributed by atoms with Crippen molar-refractivity contribution in [1.29, 1.82) is 0 Å². The lowest BCUT2D eigenvalue weighted by molar-refractivity contribution is 0.0696. The Morgan fingerprint density at radius 3 is 3.11 bits per heavy atom. The number of rotatable bonds is 6. The van der Waals surface area contributed by atoms with Gasteiger partial charge in [0.25, 0.3) is 0 Å². The maximum Gasteiger partial charge on any atom is 0.335 e. The van der Waals surface area contributed by atoms with Gasteiger partial charge in [-0.25, -0.2) is 9.78 Å². The Bertz CT molecular complexity index is 516. The van der Waals surface area contributed by atoms with E-state index in [1.54, 1.807) is 12.1 Å². The molecule has 94 valence electrons. The summed E-state index contributed by atoms with van der Waals surface area (Å²) in [5, 5.41) is 16.0. The van der Waals surface area contributed by atoms with Crippen molar-refractivity contribution in [2.45, 2.75) is 5.16 Å². The molecule has 0 fully saturated rings. The Balaban J connectivity index is 1.79. The van der Waals surface area contributed by atoms with E-state index in [4.69, 9.17) is 9.84 Å². The van der Waals surface area contributed by atoms with E-state index < -0.39 is 5.97 Å². The molecule has 0 amide bonds. The first-order chi connectivity index (χ1) is 8.75. The summed E-state index contributed by atoms with van der Waals surface area (Å²) in [6.45, 7) is 0.467. The second kappa shape index (κ2) is 6.06. The first-order valence-corrected chi connectivity index (χ1v) is 6.18. The summed E-state index contributed by atoms with van der Waals surface area (Å²) in [5.41, 5.74) is 0.218. The largest absolute Gasteiger partial charge is 0.493 e. The van der Waals surface area contributed by atoms with Crippen LogP contribution in [0.2, 0.25) is 0 Å². The zero-order valence-corrected chi connectivity index (χ0v) is 10.2. The summed E-state index contributed by atoms with van der Waals surface area (Å²) in [7, 11) is 0. The predicted molar refractivity (Wildman–Crippen MR) is 66.0 cm³/mol. The molecule has 6 nitrogen and oxygen atoms in total. The molecule has 0 aliphatic heterocycles. The molecule has 1 aromatic carbocycles. The van der Waals surface area contributed by atoms with Crippen LogP contribution in [0.5, 0.6) is 5.75 Å². The van der Waals surface area contributed by atoms with E-state index in [0.717, 1.165) is 5.16 Å². The van der Waals surface area contributed by atoms with Crippen LogP contribution >= 0.6 is 11.8 Å². The van der Waals surface area contributed by atoms with Crippen molar-refractivity contribution in [3.63, 3.8) is 0 Å². The molecule has 0 unspecified atom stereocenters. The third kappa shape index (κ3) is 3.49. The van der Waals surface area contributed by atoms with Crippen molar-refractivity contribution in [3.05, 3.63) is 36.2 Å². The summed E-state index contributed by atoms with van der Waals surface area (Å²) in [5.74, 6) is 0.288. The number of thioether (sulfide) groups is 1. The molecule has 0 spiro atoms. The highest BCUT2D eigenvalue weighted by molar-refractivity contribution is 7.99. The number of nitrogens with one attached hydrogen (secondary N) is 1. The molecule has 18 heavy (non-hydrogen) atoms. The Kier molecular flexibility index (Phi) is 4.19. The highest BCUT2D eigenvalue weighted by Gasteiger charge is 2.03. The lowest BCUT2D eigenvalue weighted by atomic mass is 10.2. The van der Waals surface area contributed by atoms with Gasteiger partial charge in [0.15, 0.2) is 5.16 Å². The predicted octanol–water partition coefficient (Wildman–Crippen LogP) is 1.67. The normalized spacial score (nSPS) is 10.2. The quantitative estimate of drug-likeness (QED) is 0.610. The number of carboxylic acids is 1. The van der Waals surface area contributed by atoms with Crippen molar-refractivity contribution in [1.82, 2.24) is 15.2 Å². The first-order valence-electron chi connectivity index (χ1n) is 5.20. The molecule has 1 aromatic heterocycles. The van der Waals surface area contributed by atoms with Crippen molar-refractivity contribution in [2.75, 3.05) is 12.4 Å². The van der Waals surface area contributed by atoms with Crippen LogP contribution in [0.25, 0.3) is 0 Å². The number of nitrogens with zero attached hydrogens (tertiary/aromatic N) is 2. The van der Waals surface area contributed by atoms with Gasteiger partial charge in [0.2, 0.25) is 0 Å². The molecule has 0 bridgehead atoms.